The van der Waals surface area contributed by atoms with Crippen molar-refractivity contribution in [1.29, 1.82) is 0 Å². The molecule has 10 heavy (non-hydrogen) atoms. The van der Waals surface area contributed by atoms with Crippen LogP contribution in [0.25, 0.3) is 0 Å². The number of hydrogen-bond donors (Lipinski definition) is 2. The van der Waals surface area contributed by atoms with Gasteiger partial charge in [-0.1, -0.05) is 0 Å². The fraction of sp³-hybridized carbons (Fsp3) is 0.833. The van der Waals surface area contributed by atoms with Crippen molar-refractivity contribution in [3.05, 3.63) is 0 Å². The molecular formula is C6H13N3O. The first kappa shape index (κ1) is 7.50. The number of hydrazine groups is 1. The van der Waals surface area contributed by atoms with Crippen LogP contribution in [0.5, 0.6) is 0 Å². The molecule has 0 unspecified atom stereocenters. The van der Waals surface area contributed by atoms with Gasteiger partial charge in [0.2, 0.25) is 5.91 Å². The smallest absolute Gasteiger partial charge is 0.236 e. The summed E-state index contributed by atoms with van der Waals surface area (Å²) in [5, 5.41) is 1.65. The Labute approximate surface area is 60.3 Å². The third-order valence-corrected chi connectivity index (χ3v) is 1.52. The maximum absolute atomic E-state index is 10.9. The summed E-state index contributed by atoms with van der Waals surface area (Å²) in [7, 11) is 0. The molecule has 1 aliphatic heterocycles. The van der Waals surface area contributed by atoms with E-state index in [1.165, 1.54) is 0 Å². The number of nitrogens with two attached hydrogens (primary N) is 1. The van der Waals surface area contributed by atoms with Crippen LogP contribution in [0.4, 0.5) is 0 Å². The monoisotopic (exact) mass is 143 g/mol. The van der Waals surface area contributed by atoms with E-state index < -0.39 is 0 Å². The van der Waals surface area contributed by atoms with Gasteiger partial charge in [0.05, 0.1) is 0 Å². The molecule has 0 radical (unpaired) electrons. The van der Waals surface area contributed by atoms with Crippen molar-refractivity contribution in [3.8, 4) is 0 Å². The average molecular weight is 143 g/mol. The highest BCUT2D eigenvalue weighted by molar-refractivity contribution is 5.77. The predicted octanol–water partition coefficient (Wildman–Crippen LogP) is -0.928. The second kappa shape index (κ2) is 3.53. The molecule has 0 aromatic rings. The first-order valence-corrected chi connectivity index (χ1v) is 3.58. The molecule has 0 atom stereocenters. The Bertz CT molecular complexity index is 126. The molecule has 0 saturated carbocycles. The lowest BCUT2D eigenvalue weighted by atomic mass is 10.4. The lowest BCUT2D eigenvalue weighted by Crippen LogP contribution is -2.41. The summed E-state index contributed by atoms with van der Waals surface area (Å²) in [6, 6.07) is 0. The van der Waals surface area contributed by atoms with Crippen LogP contribution < -0.4 is 11.2 Å². The zero-order valence-corrected chi connectivity index (χ0v) is 5.97. The summed E-state index contributed by atoms with van der Waals surface area (Å²) < 4.78 is 0. The van der Waals surface area contributed by atoms with Crippen LogP contribution in [0.2, 0.25) is 0 Å². The summed E-state index contributed by atoms with van der Waals surface area (Å²) >= 11 is 0. The minimum Gasteiger partial charge on any atom is -0.329 e. The molecule has 1 rings (SSSR count). The van der Waals surface area contributed by atoms with Gasteiger partial charge >= 0.3 is 0 Å². The zero-order chi connectivity index (χ0) is 7.40. The van der Waals surface area contributed by atoms with E-state index in [0.29, 0.717) is 19.5 Å². The fourth-order valence-corrected chi connectivity index (χ4v) is 1.01. The lowest BCUT2D eigenvalue weighted by molar-refractivity contribution is -0.130. The molecule has 0 aromatic carbocycles. The molecule has 0 spiro atoms. The summed E-state index contributed by atoms with van der Waals surface area (Å²) in [5.74, 6) is 0.188. The summed E-state index contributed by atoms with van der Waals surface area (Å²) in [5.41, 5.74) is 8.19. The van der Waals surface area contributed by atoms with E-state index in [-0.39, 0.29) is 5.91 Å². The molecule has 1 aliphatic rings. The number of rotatable bonds is 3. The quantitative estimate of drug-likeness (QED) is 0.536. The van der Waals surface area contributed by atoms with E-state index >= 15 is 0 Å². The highest BCUT2D eigenvalue weighted by atomic mass is 16.2. The van der Waals surface area contributed by atoms with Crippen molar-refractivity contribution in [2.45, 2.75) is 12.8 Å². The lowest BCUT2D eigenvalue weighted by Gasteiger charge is -2.15. The van der Waals surface area contributed by atoms with Gasteiger partial charge < -0.3 is 5.73 Å². The number of nitrogens with one attached hydrogen (secondary N) is 1. The van der Waals surface area contributed by atoms with Gasteiger partial charge in [-0.05, 0) is 6.42 Å². The molecule has 0 aromatic heterocycles. The molecule has 1 heterocycles. The molecule has 1 amide bonds. The zero-order valence-electron chi connectivity index (χ0n) is 5.97. The normalized spacial score (nSPS) is 18.5. The van der Waals surface area contributed by atoms with E-state index in [9.17, 15) is 4.79 Å². The van der Waals surface area contributed by atoms with Crippen LogP contribution in [0.15, 0.2) is 0 Å². The van der Waals surface area contributed by atoms with Crippen molar-refractivity contribution < 1.29 is 4.79 Å². The van der Waals surface area contributed by atoms with Crippen LogP contribution >= 0.6 is 0 Å². The first-order chi connectivity index (χ1) is 4.84. The van der Waals surface area contributed by atoms with Gasteiger partial charge in [-0.15, -0.1) is 0 Å². The molecule has 58 valence electrons. The number of nitrogens with zero attached hydrogens (tertiary/aromatic N) is 1. The maximum Gasteiger partial charge on any atom is 0.236 e. The number of carbonyl (C=O) groups excluding carboxylic acids is 1. The van der Waals surface area contributed by atoms with Gasteiger partial charge in [0.15, 0.2) is 0 Å². The fourth-order valence-electron chi connectivity index (χ4n) is 1.01. The van der Waals surface area contributed by atoms with E-state index in [1.807, 2.05) is 0 Å². The molecular weight excluding hydrogens is 130 g/mol. The Balaban J connectivity index is 2.20. The Hall–Kier alpha value is -0.610. The van der Waals surface area contributed by atoms with Gasteiger partial charge in [-0.3, -0.25) is 9.80 Å². The third kappa shape index (κ3) is 1.68. The van der Waals surface area contributed by atoms with E-state index in [2.05, 4.69) is 5.43 Å². The maximum atomic E-state index is 10.9. The highest BCUT2D eigenvalue weighted by Crippen LogP contribution is 2.05. The van der Waals surface area contributed by atoms with Crippen LogP contribution in [-0.2, 0) is 4.79 Å². The van der Waals surface area contributed by atoms with E-state index in [1.54, 1.807) is 5.01 Å². The standard InChI is InChI=1S/C6H13N3O/c7-3-4-8-9-5-1-2-6(9)10/h8H,1-5,7H2. The third-order valence-electron chi connectivity index (χ3n) is 1.52. The van der Waals surface area contributed by atoms with Gasteiger partial charge in [0.25, 0.3) is 0 Å². The molecule has 3 N–H and O–H groups in total. The van der Waals surface area contributed by atoms with Crippen LogP contribution in [0, 0.1) is 0 Å². The number of carbonyl (C=O) groups is 1. The molecule has 0 bridgehead atoms. The Morgan fingerprint density at radius 1 is 1.70 bits per heavy atom. The van der Waals surface area contributed by atoms with Crippen LogP contribution in [0.1, 0.15) is 12.8 Å². The van der Waals surface area contributed by atoms with Crippen molar-refractivity contribution in [3.63, 3.8) is 0 Å². The predicted molar refractivity (Wildman–Crippen MR) is 38.0 cm³/mol. The van der Waals surface area contributed by atoms with Gasteiger partial charge in [0, 0.05) is 26.1 Å². The summed E-state index contributed by atoms with van der Waals surface area (Å²) in [6.45, 7) is 2.09. The van der Waals surface area contributed by atoms with Crippen LogP contribution in [0.3, 0.4) is 0 Å². The Kier molecular flexibility index (Phi) is 2.65. The van der Waals surface area contributed by atoms with E-state index in [4.69, 9.17) is 5.73 Å². The molecule has 0 aliphatic carbocycles. The Morgan fingerprint density at radius 2 is 2.50 bits per heavy atom. The van der Waals surface area contributed by atoms with Gasteiger partial charge in [-0.25, -0.2) is 5.43 Å². The topological polar surface area (TPSA) is 58.4 Å². The Morgan fingerprint density at radius 3 is 3.00 bits per heavy atom. The van der Waals surface area contributed by atoms with E-state index in [0.717, 1.165) is 13.0 Å². The molecule has 1 saturated heterocycles. The second-order valence-corrected chi connectivity index (χ2v) is 2.35. The minimum absolute atomic E-state index is 0.188. The SMILES string of the molecule is NCCNN1CCCC1=O. The first-order valence-electron chi connectivity index (χ1n) is 3.58. The van der Waals surface area contributed by atoms with Crippen LogP contribution in [-0.4, -0.2) is 30.6 Å². The van der Waals surface area contributed by atoms with Gasteiger partial charge in [0.1, 0.15) is 0 Å². The summed E-state index contributed by atoms with van der Waals surface area (Å²) in [4.78, 5) is 10.9. The van der Waals surface area contributed by atoms with Crippen molar-refractivity contribution >= 4 is 5.91 Å². The highest BCUT2D eigenvalue weighted by Gasteiger charge is 2.18. The van der Waals surface area contributed by atoms with Crippen molar-refractivity contribution in [2.75, 3.05) is 19.6 Å². The number of hydrogen-bond acceptors (Lipinski definition) is 3. The molecule has 4 nitrogen and oxygen atoms in total. The van der Waals surface area contributed by atoms with Gasteiger partial charge in [-0.2, -0.15) is 0 Å². The van der Waals surface area contributed by atoms with Crippen molar-refractivity contribution in [2.24, 2.45) is 5.73 Å². The second-order valence-electron chi connectivity index (χ2n) is 2.35. The average Bonchev–Trinajstić information content (AvgIpc) is 2.31. The molecule has 4 heteroatoms. The molecule has 1 fully saturated rings. The number of amides is 1. The van der Waals surface area contributed by atoms with Crippen molar-refractivity contribution in [1.82, 2.24) is 10.4 Å². The summed E-state index contributed by atoms with van der Waals surface area (Å²) in [6.07, 6.45) is 1.65. The minimum atomic E-state index is 0.188. The largest absolute Gasteiger partial charge is 0.329 e.